The summed E-state index contributed by atoms with van der Waals surface area (Å²) in [7, 11) is 0. The lowest BCUT2D eigenvalue weighted by molar-refractivity contribution is -0.146. The SMILES string of the molecule is CCCC(C)N1CC=C[C@]23S[C@H]4C=CCN(c5ccccc5)C(=O)[C@H]4[C@H]2C(=O)N([C@H](C)CO)C3C1=O. The van der Waals surface area contributed by atoms with Crippen molar-refractivity contribution in [1.82, 2.24) is 9.80 Å². The van der Waals surface area contributed by atoms with Crippen molar-refractivity contribution in [2.24, 2.45) is 11.8 Å². The third-order valence-electron chi connectivity index (χ3n) is 8.17. The van der Waals surface area contributed by atoms with E-state index < -0.39 is 28.7 Å². The number of para-hydroxylation sites is 1. The summed E-state index contributed by atoms with van der Waals surface area (Å²) in [6, 6.07) is 8.30. The van der Waals surface area contributed by atoms with Crippen molar-refractivity contribution < 1.29 is 19.5 Å². The van der Waals surface area contributed by atoms with Gasteiger partial charge >= 0.3 is 0 Å². The van der Waals surface area contributed by atoms with Crippen LogP contribution in [0.15, 0.2) is 54.6 Å². The standard InChI is InChI=1S/C28H35N3O4S/c1-4-10-18(2)29-16-9-14-28-23(26(34)31(19(3)17-32)24(28)27(29)35)22-21(36-28)13-8-15-30(25(22)33)20-11-6-5-7-12-20/h5-9,11-14,18-19,21-24,32H,4,10,15-17H2,1-3H3/t18?,19-,21+,22-,23+,24?,28+/m1/s1. The number of anilines is 1. The molecule has 0 bridgehead atoms. The molecular formula is C28H35N3O4S. The number of fused-ring (bicyclic) bond motifs is 2. The molecule has 4 aliphatic heterocycles. The van der Waals surface area contributed by atoms with E-state index in [1.165, 1.54) is 0 Å². The first-order chi connectivity index (χ1) is 17.4. The molecule has 0 radical (unpaired) electrons. The van der Waals surface area contributed by atoms with Gasteiger partial charge in [-0.1, -0.05) is 55.8 Å². The number of amides is 3. The predicted molar refractivity (Wildman–Crippen MR) is 141 cm³/mol. The molecule has 36 heavy (non-hydrogen) atoms. The quantitative estimate of drug-likeness (QED) is 0.597. The van der Waals surface area contributed by atoms with Crippen LogP contribution in [-0.4, -0.2) is 80.4 Å². The largest absolute Gasteiger partial charge is 0.394 e. The van der Waals surface area contributed by atoms with Gasteiger partial charge < -0.3 is 19.8 Å². The highest BCUT2D eigenvalue weighted by Gasteiger charge is 2.71. The molecule has 1 spiro atoms. The van der Waals surface area contributed by atoms with E-state index in [1.807, 2.05) is 59.5 Å². The molecule has 0 aromatic heterocycles. The van der Waals surface area contributed by atoms with E-state index in [1.54, 1.807) is 28.5 Å². The van der Waals surface area contributed by atoms with Gasteiger partial charge in [0.2, 0.25) is 17.7 Å². The van der Waals surface area contributed by atoms with E-state index in [0.717, 1.165) is 18.5 Å². The van der Waals surface area contributed by atoms with Crippen LogP contribution >= 0.6 is 11.8 Å². The van der Waals surface area contributed by atoms with E-state index >= 15 is 0 Å². The molecule has 4 heterocycles. The summed E-state index contributed by atoms with van der Waals surface area (Å²) >= 11 is 1.58. The zero-order chi connectivity index (χ0) is 25.6. The smallest absolute Gasteiger partial charge is 0.247 e. The van der Waals surface area contributed by atoms with Gasteiger partial charge in [-0.2, -0.15) is 0 Å². The molecule has 7 atom stereocenters. The monoisotopic (exact) mass is 509 g/mol. The molecule has 8 heteroatoms. The van der Waals surface area contributed by atoms with E-state index in [9.17, 15) is 19.5 Å². The van der Waals surface area contributed by atoms with Crippen LogP contribution < -0.4 is 4.90 Å². The molecule has 0 aliphatic carbocycles. The van der Waals surface area contributed by atoms with Crippen LogP contribution in [0.4, 0.5) is 5.69 Å². The van der Waals surface area contributed by atoms with Gasteiger partial charge in [0.15, 0.2) is 0 Å². The minimum atomic E-state index is -0.854. The van der Waals surface area contributed by atoms with Crippen molar-refractivity contribution in [1.29, 1.82) is 0 Å². The summed E-state index contributed by atoms with van der Waals surface area (Å²) in [5, 5.41) is 9.87. The van der Waals surface area contributed by atoms with Crippen LogP contribution in [0, 0.1) is 11.8 Å². The number of carbonyl (C=O) groups excluding carboxylic acids is 3. The molecule has 7 nitrogen and oxygen atoms in total. The Morgan fingerprint density at radius 1 is 1.03 bits per heavy atom. The molecule has 1 aromatic carbocycles. The van der Waals surface area contributed by atoms with Crippen molar-refractivity contribution in [2.45, 2.75) is 61.7 Å². The van der Waals surface area contributed by atoms with Crippen molar-refractivity contribution in [2.75, 3.05) is 24.6 Å². The number of nitrogens with zero attached hydrogens (tertiary/aromatic N) is 3. The maximum Gasteiger partial charge on any atom is 0.247 e. The second kappa shape index (κ2) is 9.71. The van der Waals surface area contributed by atoms with E-state index in [-0.39, 0.29) is 35.6 Å². The van der Waals surface area contributed by atoms with Gasteiger partial charge in [0.1, 0.15) is 6.04 Å². The van der Waals surface area contributed by atoms with Gasteiger partial charge in [-0.15, -0.1) is 11.8 Å². The highest BCUT2D eigenvalue weighted by atomic mass is 32.2. The number of hydrogen-bond acceptors (Lipinski definition) is 5. The van der Waals surface area contributed by atoms with Gasteiger partial charge in [-0.3, -0.25) is 14.4 Å². The van der Waals surface area contributed by atoms with Crippen LogP contribution in [0.5, 0.6) is 0 Å². The number of likely N-dealkylation sites (tertiary alicyclic amines) is 1. The third-order valence-corrected chi connectivity index (χ3v) is 9.92. The number of aliphatic hydroxyl groups excluding tert-OH is 1. The Labute approximate surface area is 217 Å². The van der Waals surface area contributed by atoms with E-state index in [4.69, 9.17) is 0 Å². The van der Waals surface area contributed by atoms with Crippen LogP contribution in [0.1, 0.15) is 33.6 Å². The highest BCUT2D eigenvalue weighted by molar-refractivity contribution is 8.02. The average Bonchev–Trinajstić information content (AvgIpc) is 3.20. The zero-order valence-electron chi connectivity index (χ0n) is 21.1. The first kappa shape index (κ1) is 25.1. The van der Waals surface area contributed by atoms with E-state index in [2.05, 4.69) is 13.8 Å². The first-order valence-electron chi connectivity index (χ1n) is 13.0. The number of hydrogen-bond donors (Lipinski definition) is 1. The number of carbonyl (C=O) groups is 3. The third kappa shape index (κ3) is 3.72. The van der Waals surface area contributed by atoms with Crippen LogP contribution in [0.25, 0.3) is 0 Å². The molecule has 1 N–H and O–H groups in total. The minimum absolute atomic E-state index is 0.0368. The Morgan fingerprint density at radius 2 is 1.78 bits per heavy atom. The van der Waals surface area contributed by atoms with Crippen LogP contribution in [-0.2, 0) is 14.4 Å². The number of thioether (sulfide) groups is 1. The molecule has 3 amide bonds. The van der Waals surface area contributed by atoms with Gasteiger partial charge in [0.05, 0.1) is 29.2 Å². The zero-order valence-corrected chi connectivity index (χ0v) is 21.9. The van der Waals surface area contributed by atoms with Crippen molar-refractivity contribution in [3.63, 3.8) is 0 Å². The predicted octanol–water partition coefficient (Wildman–Crippen LogP) is 2.85. The lowest BCUT2D eigenvalue weighted by Gasteiger charge is -2.39. The number of benzene rings is 1. The van der Waals surface area contributed by atoms with Crippen molar-refractivity contribution in [3.05, 3.63) is 54.6 Å². The molecule has 0 saturated carbocycles. The molecule has 2 fully saturated rings. The average molecular weight is 510 g/mol. The summed E-state index contributed by atoms with van der Waals surface area (Å²) in [4.78, 5) is 47.6. The second-order valence-electron chi connectivity index (χ2n) is 10.4. The highest BCUT2D eigenvalue weighted by Crippen LogP contribution is 2.61. The maximum absolute atomic E-state index is 14.2. The van der Waals surface area contributed by atoms with Gasteiger partial charge in [0, 0.05) is 30.1 Å². The van der Waals surface area contributed by atoms with Crippen LogP contribution in [0.3, 0.4) is 0 Å². The molecule has 1 aromatic rings. The fourth-order valence-corrected chi connectivity index (χ4v) is 8.46. The fraction of sp³-hybridized carbons (Fsp3) is 0.536. The molecule has 5 rings (SSSR count). The van der Waals surface area contributed by atoms with Crippen molar-refractivity contribution in [3.8, 4) is 0 Å². The molecule has 2 unspecified atom stereocenters. The number of rotatable bonds is 6. The van der Waals surface area contributed by atoms with E-state index in [0.29, 0.717) is 13.1 Å². The molecule has 192 valence electrons. The Kier molecular flexibility index (Phi) is 6.76. The fourth-order valence-electron chi connectivity index (χ4n) is 6.47. The molecule has 2 saturated heterocycles. The Balaban J connectivity index is 1.60. The Hall–Kier alpha value is -2.58. The minimum Gasteiger partial charge on any atom is -0.394 e. The first-order valence-corrected chi connectivity index (χ1v) is 13.9. The Bertz CT molecular complexity index is 1090. The summed E-state index contributed by atoms with van der Waals surface area (Å²) < 4.78 is -0.854. The summed E-state index contributed by atoms with van der Waals surface area (Å²) in [5.74, 6) is -1.64. The van der Waals surface area contributed by atoms with Crippen molar-refractivity contribution >= 4 is 35.2 Å². The second-order valence-corrected chi connectivity index (χ2v) is 11.8. The van der Waals surface area contributed by atoms with Gasteiger partial charge in [-0.25, -0.2) is 0 Å². The van der Waals surface area contributed by atoms with Gasteiger partial charge in [0.25, 0.3) is 0 Å². The normalized spacial score (nSPS) is 33.2. The summed E-state index contributed by atoms with van der Waals surface area (Å²) in [6.07, 6.45) is 9.93. The lowest BCUT2D eigenvalue weighted by atomic mass is 9.78. The summed E-state index contributed by atoms with van der Waals surface area (Å²) in [5.41, 5.74) is 0.799. The molecule has 4 aliphatic rings. The Morgan fingerprint density at radius 3 is 2.47 bits per heavy atom. The maximum atomic E-state index is 14.2. The molecular weight excluding hydrogens is 474 g/mol. The number of aliphatic hydroxyl groups is 1. The van der Waals surface area contributed by atoms with Gasteiger partial charge in [-0.05, 0) is 32.4 Å². The topological polar surface area (TPSA) is 81.2 Å². The lowest BCUT2D eigenvalue weighted by Crippen LogP contribution is -2.57. The van der Waals surface area contributed by atoms with Crippen LogP contribution in [0.2, 0.25) is 0 Å². The summed E-state index contributed by atoms with van der Waals surface area (Å²) in [6.45, 7) is 6.62.